The van der Waals surface area contributed by atoms with Gasteiger partial charge in [0.2, 0.25) is 4.96 Å². The summed E-state index contributed by atoms with van der Waals surface area (Å²) in [6.07, 6.45) is 5.59. The van der Waals surface area contributed by atoms with Crippen molar-refractivity contribution in [1.82, 2.24) is 24.4 Å². The lowest BCUT2D eigenvalue weighted by Gasteiger charge is -2.00. The summed E-state index contributed by atoms with van der Waals surface area (Å²) in [7, 11) is 0. The van der Waals surface area contributed by atoms with E-state index in [-0.39, 0.29) is 27.3 Å². The fraction of sp³-hybridized carbons (Fsp3) is 0.185. The summed E-state index contributed by atoms with van der Waals surface area (Å²) in [6.45, 7) is 4.23. The van der Waals surface area contributed by atoms with Crippen LogP contribution in [0.5, 0.6) is 0 Å². The van der Waals surface area contributed by atoms with Crippen molar-refractivity contribution in [3.8, 4) is 16.9 Å². The van der Waals surface area contributed by atoms with E-state index < -0.39 is 0 Å². The minimum atomic E-state index is -0.214. The third-order valence-corrected chi connectivity index (χ3v) is 8.32. The Bertz CT molecular complexity index is 1770. The fourth-order valence-corrected chi connectivity index (χ4v) is 6.08. The fourth-order valence-electron chi connectivity index (χ4n) is 4.78. The summed E-state index contributed by atoms with van der Waals surface area (Å²) in [5, 5.41) is 10.0. The maximum Gasteiger partial charge on any atom is 0.291 e. The van der Waals surface area contributed by atoms with E-state index in [1.165, 1.54) is 15.9 Å². The van der Waals surface area contributed by atoms with Gasteiger partial charge in [0, 0.05) is 28.3 Å². The SMILES string of the molecule is CC1(C)[C@H](c2nc3s/c(=C\c4cn(-c5ccccc5)nc4-c4ccc(Cl)cc4)c(=O)n3n2)[C@@H]1C=C(Cl)Cl. The van der Waals surface area contributed by atoms with Gasteiger partial charge in [-0.05, 0) is 47.8 Å². The Morgan fingerprint density at radius 3 is 2.46 bits per heavy atom. The molecule has 0 bridgehead atoms. The van der Waals surface area contributed by atoms with E-state index in [9.17, 15) is 4.79 Å². The summed E-state index contributed by atoms with van der Waals surface area (Å²) >= 11 is 19.2. The number of nitrogens with zero attached hydrogens (tertiary/aromatic N) is 5. The summed E-state index contributed by atoms with van der Waals surface area (Å²) in [5.74, 6) is 0.815. The highest BCUT2D eigenvalue weighted by atomic mass is 35.5. The highest BCUT2D eigenvalue weighted by Crippen LogP contribution is 2.64. The van der Waals surface area contributed by atoms with E-state index >= 15 is 0 Å². The van der Waals surface area contributed by atoms with Gasteiger partial charge in [-0.3, -0.25) is 4.79 Å². The number of para-hydroxylation sites is 1. The Labute approximate surface area is 231 Å². The molecule has 0 amide bonds. The first-order chi connectivity index (χ1) is 17.7. The van der Waals surface area contributed by atoms with Crippen LogP contribution in [-0.4, -0.2) is 24.4 Å². The van der Waals surface area contributed by atoms with Crippen molar-refractivity contribution in [3.05, 3.63) is 103 Å². The zero-order valence-electron chi connectivity index (χ0n) is 19.8. The van der Waals surface area contributed by atoms with E-state index in [1.54, 1.807) is 4.68 Å². The highest BCUT2D eigenvalue weighted by Gasteiger charge is 2.59. The van der Waals surface area contributed by atoms with Crippen molar-refractivity contribution in [1.29, 1.82) is 0 Å². The van der Waals surface area contributed by atoms with Crippen molar-refractivity contribution in [2.24, 2.45) is 11.3 Å². The van der Waals surface area contributed by atoms with Crippen LogP contribution in [0.4, 0.5) is 0 Å². The molecular weight excluding hydrogens is 549 g/mol. The predicted octanol–water partition coefficient (Wildman–Crippen LogP) is 6.26. The molecule has 10 heteroatoms. The Hall–Kier alpha value is -2.97. The molecular formula is C27H20Cl3N5OS. The zero-order valence-corrected chi connectivity index (χ0v) is 22.9. The van der Waals surface area contributed by atoms with Crippen molar-refractivity contribution < 1.29 is 0 Å². The summed E-state index contributed by atoms with van der Waals surface area (Å²) in [6, 6.07) is 17.3. The molecule has 37 heavy (non-hydrogen) atoms. The van der Waals surface area contributed by atoms with Gasteiger partial charge in [-0.15, -0.1) is 5.10 Å². The average Bonchev–Trinajstić information content (AvgIpc) is 3.28. The Balaban J connectivity index is 1.43. The zero-order chi connectivity index (χ0) is 25.9. The van der Waals surface area contributed by atoms with Gasteiger partial charge < -0.3 is 0 Å². The van der Waals surface area contributed by atoms with Crippen LogP contribution in [-0.2, 0) is 0 Å². The summed E-state index contributed by atoms with van der Waals surface area (Å²) < 4.78 is 3.95. The lowest BCUT2D eigenvalue weighted by atomic mass is 10.1. The molecule has 1 fully saturated rings. The van der Waals surface area contributed by atoms with E-state index in [1.807, 2.05) is 72.9 Å². The van der Waals surface area contributed by atoms with E-state index in [0.717, 1.165) is 22.5 Å². The van der Waals surface area contributed by atoms with E-state index in [0.29, 0.717) is 20.3 Å². The number of hydrogen-bond acceptors (Lipinski definition) is 5. The molecule has 3 heterocycles. The minimum Gasteiger partial charge on any atom is -0.266 e. The summed E-state index contributed by atoms with van der Waals surface area (Å²) in [4.78, 5) is 18.6. The van der Waals surface area contributed by atoms with Gasteiger partial charge >= 0.3 is 0 Å². The molecule has 6 nitrogen and oxygen atoms in total. The Morgan fingerprint density at radius 2 is 1.78 bits per heavy atom. The normalized spacial score (nSPS) is 18.9. The number of rotatable bonds is 5. The molecule has 0 N–H and O–H groups in total. The first-order valence-electron chi connectivity index (χ1n) is 11.6. The van der Waals surface area contributed by atoms with Crippen LogP contribution >= 0.6 is 46.1 Å². The maximum atomic E-state index is 13.3. The van der Waals surface area contributed by atoms with Crippen LogP contribution in [0, 0.1) is 11.3 Å². The lowest BCUT2D eigenvalue weighted by molar-refractivity contribution is 0.585. The Morgan fingerprint density at radius 1 is 1.05 bits per heavy atom. The second-order valence-electron chi connectivity index (χ2n) is 9.58. The molecule has 0 spiro atoms. The van der Waals surface area contributed by atoms with Gasteiger partial charge in [-0.1, -0.05) is 90.3 Å². The number of halogens is 3. The third-order valence-electron chi connectivity index (χ3n) is 6.86. The lowest BCUT2D eigenvalue weighted by Crippen LogP contribution is -2.23. The molecule has 1 saturated carbocycles. The second-order valence-corrected chi connectivity index (χ2v) is 12.0. The molecule has 5 aromatic rings. The number of benzene rings is 2. The van der Waals surface area contributed by atoms with Crippen molar-refractivity contribution in [2.45, 2.75) is 19.8 Å². The molecule has 2 aromatic carbocycles. The van der Waals surface area contributed by atoms with Gasteiger partial charge in [0.05, 0.1) is 10.2 Å². The van der Waals surface area contributed by atoms with Gasteiger partial charge in [-0.25, -0.2) is 9.67 Å². The largest absolute Gasteiger partial charge is 0.291 e. The average molecular weight is 569 g/mol. The Kier molecular flexibility index (Phi) is 5.99. The molecule has 0 radical (unpaired) electrons. The van der Waals surface area contributed by atoms with Crippen LogP contribution in [0.25, 0.3) is 28.0 Å². The van der Waals surface area contributed by atoms with Gasteiger partial charge in [-0.2, -0.15) is 9.61 Å². The summed E-state index contributed by atoms with van der Waals surface area (Å²) in [5.41, 5.74) is 3.07. The quantitative estimate of drug-likeness (QED) is 0.251. The van der Waals surface area contributed by atoms with Crippen LogP contribution in [0.1, 0.15) is 31.2 Å². The molecule has 2 atom stereocenters. The predicted molar refractivity (Wildman–Crippen MR) is 150 cm³/mol. The van der Waals surface area contributed by atoms with Gasteiger partial charge in [0.15, 0.2) is 5.82 Å². The van der Waals surface area contributed by atoms with E-state index in [4.69, 9.17) is 44.9 Å². The minimum absolute atomic E-state index is 0.0551. The molecule has 186 valence electrons. The standard InChI is InChI=1S/C27H20Cl3N5OS/c1-27(2)19(13-21(29)30)22(27)24-31-26-35(33-24)25(36)20(37-26)12-16-14-34(18-6-4-3-5-7-18)32-23(16)15-8-10-17(28)11-9-15/h3-14,19,22H,1-2H3/b20-12-/t19-,22-/m0/s1. The molecule has 1 aliphatic carbocycles. The number of fused-ring (bicyclic) bond motifs is 1. The highest BCUT2D eigenvalue weighted by molar-refractivity contribution is 7.15. The second kappa shape index (κ2) is 9.10. The number of thiazole rings is 1. The number of hydrogen-bond donors (Lipinski definition) is 0. The van der Waals surface area contributed by atoms with Gasteiger partial charge in [0.1, 0.15) is 10.2 Å². The van der Waals surface area contributed by atoms with E-state index in [2.05, 4.69) is 18.9 Å². The van der Waals surface area contributed by atoms with Crippen LogP contribution in [0.15, 0.2) is 76.2 Å². The number of allylic oxidation sites excluding steroid dienone is 1. The third kappa shape index (κ3) is 4.40. The number of aromatic nitrogens is 5. The van der Waals surface area contributed by atoms with Crippen LogP contribution in [0.2, 0.25) is 5.02 Å². The molecule has 0 aliphatic heterocycles. The smallest absolute Gasteiger partial charge is 0.266 e. The van der Waals surface area contributed by atoms with Crippen LogP contribution < -0.4 is 10.1 Å². The molecule has 0 saturated heterocycles. The van der Waals surface area contributed by atoms with Crippen molar-refractivity contribution in [2.75, 3.05) is 0 Å². The first-order valence-corrected chi connectivity index (χ1v) is 13.5. The monoisotopic (exact) mass is 567 g/mol. The van der Waals surface area contributed by atoms with Gasteiger partial charge in [0.25, 0.3) is 5.56 Å². The molecule has 6 rings (SSSR count). The molecule has 0 unspecified atom stereocenters. The topological polar surface area (TPSA) is 65.1 Å². The van der Waals surface area contributed by atoms with Crippen LogP contribution in [0.3, 0.4) is 0 Å². The van der Waals surface area contributed by atoms with Crippen molar-refractivity contribution >= 4 is 57.2 Å². The first kappa shape index (κ1) is 24.4. The van der Waals surface area contributed by atoms with Crippen molar-refractivity contribution in [3.63, 3.8) is 0 Å². The molecule has 3 aromatic heterocycles. The maximum absolute atomic E-state index is 13.3. The molecule has 1 aliphatic rings.